The van der Waals surface area contributed by atoms with Gasteiger partial charge in [0.05, 0.1) is 13.7 Å². The summed E-state index contributed by atoms with van der Waals surface area (Å²) < 4.78 is 5.46. The number of hydrogen-bond donors (Lipinski definition) is 2. The van der Waals surface area contributed by atoms with Crippen LogP contribution in [-0.4, -0.2) is 47.8 Å². The van der Waals surface area contributed by atoms with Gasteiger partial charge in [0.15, 0.2) is 0 Å². The van der Waals surface area contributed by atoms with E-state index in [1.165, 1.54) is 41.5 Å². The van der Waals surface area contributed by atoms with Crippen molar-refractivity contribution >= 4 is 10.9 Å². The molecule has 0 amide bonds. The molecular weight excluding hydrogens is 312 g/mol. The highest BCUT2D eigenvalue weighted by atomic mass is 16.5. The maximum atomic E-state index is 10.7. The van der Waals surface area contributed by atoms with Gasteiger partial charge in [0.25, 0.3) is 0 Å². The number of nitrogens with zero attached hydrogens (tertiary/aromatic N) is 1. The minimum Gasteiger partial charge on any atom is -0.497 e. The number of methoxy groups -OCH3 is 1. The minimum atomic E-state index is -0.125. The Morgan fingerprint density at radius 1 is 1.40 bits per heavy atom. The van der Waals surface area contributed by atoms with Crippen molar-refractivity contribution in [3.8, 4) is 5.75 Å². The largest absolute Gasteiger partial charge is 0.497 e. The summed E-state index contributed by atoms with van der Waals surface area (Å²) in [4.78, 5) is 6.44. The molecule has 4 heteroatoms. The molecule has 2 unspecified atom stereocenters. The number of fused-ring (bicyclic) bond motifs is 4. The number of rotatable bonds is 3. The van der Waals surface area contributed by atoms with Gasteiger partial charge in [-0.1, -0.05) is 13.3 Å². The first-order chi connectivity index (χ1) is 12.2. The first kappa shape index (κ1) is 15.7. The van der Waals surface area contributed by atoms with Crippen LogP contribution in [0.15, 0.2) is 18.2 Å². The second-order valence-electron chi connectivity index (χ2n) is 8.37. The molecule has 4 nitrogen and oxygen atoms in total. The predicted molar refractivity (Wildman–Crippen MR) is 99.2 cm³/mol. The molecule has 4 bridgehead atoms. The summed E-state index contributed by atoms with van der Waals surface area (Å²) in [5.74, 6) is 2.33. The van der Waals surface area contributed by atoms with Gasteiger partial charge in [-0.15, -0.1) is 0 Å². The molecule has 2 saturated heterocycles. The Kier molecular flexibility index (Phi) is 3.45. The SMILES string of the molecule is CC[C@H]1C[C@@H]2CN3CCc4c([nH]c5ccc(OC)cc45)[C@](CO)(C2)C13. The number of aliphatic hydroxyl groups is 1. The van der Waals surface area contributed by atoms with Crippen LogP contribution in [0.25, 0.3) is 10.9 Å². The highest BCUT2D eigenvalue weighted by Crippen LogP contribution is 2.54. The van der Waals surface area contributed by atoms with Crippen LogP contribution in [0.2, 0.25) is 0 Å². The third kappa shape index (κ3) is 2.01. The van der Waals surface area contributed by atoms with Gasteiger partial charge in [0.1, 0.15) is 5.75 Å². The lowest BCUT2D eigenvalue weighted by Crippen LogP contribution is -2.65. The van der Waals surface area contributed by atoms with E-state index in [0.717, 1.165) is 25.1 Å². The Bertz CT molecular complexity index is 814. The lowest BCUT2D eigenvalue weighted by Gasteiger charge is -2.59. The Balaban J connectivity index is 1.74. The summed E-state index contributed by atoms with van der Waals surface area (Å²) in [6.07, 6.45) is 4.73. The predicted octanol–water partition coefficient (Wildman–Crippen LogP) is 3.08. The highest BCUT2D eigenvalue weighted by Gasteiger charge is 2.57. The Morgan fingerprint density at radius 3 is 3.04 bits per heavy atom. The van der Waals surface area contributed by atoms with Crippen molar-refractivity contribution in [1.29, 1.82) is 0 Å². The van der Waals surface area contributed by atoms with Crippen LogP contribution in [0.4, 0.5) is 0 Å². The van der Waals surface area contributed by atoms with Crippen LogP contribution in [0.1, 0.15) is 37.4 Å². The second kappa shape index (κ2) is 5.49. The molecule has 1 aromatic heterocycles. The fourth-order valence-electron chi connectivity index (χ4n) is 6.36. The summed E-state index contributed by atoms with van der Waals surface area (Å²) in [5.41, 5.74) is 3.78. The van der Waals surface area contributed by atoms with E-state index in [1.807, 2.05) is 6.07 Å². The molecule has 5 atom stereocenters. The third-order valence-corrected chi connectivity index (χ3v) is 7.25. The van der Waals surface area contributed by atoms with Crippen LogP contribution in [0, 0.1) is 11.8 Å². The van der Waals surface area contributed by atoms with Crippen molar-refractivity contribution in [3.05, 3.63) is 29.5 Å². The molecule has 4 aliphatic rings. The van der Waals surface area contributed by atoms with E-state index in [2.05, 4.69) is 28.9 Å². The number of piperidine rings is 2. The van der Waals surface area contributed by atoms with Crippen molar-refractivity contribution < 1.29 is 9.84 Å². The van der Waals surface area contributed by atoms with Gasteiger partial charge in [-0.3, -0.25) is 4.90 Å². The molecule has 2 N–H and O–H groups in total. The number of aromatic amines is 1. The smallest absolute Gasteiger partial charge is 0.119 e. The zero-order valence-corrected chi connectivity index (χ0v) is 15.2. The summed E-state index contributed by atoms with van der Waals surface area (Å²) in [6.45, 7) is 4.89. The number of aromatic nitrogens is 1. The molecule has 25 heavy (non-hydrogen) atoms. The average molecular weight is 340 g/mol. The van der Waals surface area contributed by atoms with Crippen LogP contribution in [-0.2, 0) is 11.8 Å². The second-order valence-corrected chi connectivity index (χ2v) is 8.37. The van der Waals surface area contributed by atoms with E-state index < -0.39 is 0 Å². The van der Waals surface area contributed by atoms with Gasteiger partial charge in [-0.2, -0.15) is 0 Å². The first-order valence-electron chi connectivity index (χ1n) is 9.74. The molecule has 0 spiro atoms. The molecule has 4 heterocycles. The van der Waals surface area contributed by atoms with Gasteiger partial charge in [0, 0.05) is 41.1 Å². The topological polar surface area (TPSA) is 48.5 Å². The molecule has 1 aliphatic carbocycles. The molecule has 1 aromatic carbocycles. The summed E-state index contributed by atoms with van der Waals surface area (Å²) in [5, 5.41) is 11.9. The zero-order valence-electron chi connectivity index (χ0n) is 15.2. The number of hydrogen-bond acceptors (Lipinski definition) is 3. The fourth-order valence-corrected chi connectivity index (χ4v) is 6.36. The van der Waals surface area contributed by atoms with Gasteiger partial charge >= 0.3 is 0 Å². The van der Waals surface area contributed by atoms with Crippen LogP contribution < -0.4 is 4.74 Å². The van der Waals surface area contributed by atoms with E-state index in [9.17, 15) is 5.11 Å². The maximum Gasteiger partial charge on any atom is 0.119 e. The number of nitrogens with one attached hydrogen (secondary N) is 1. The van der Waals surface area contributed by atoms with Crippen LogP contribution in [0.3, 0.4) is 0 Å². The van der Waals surface area contributed by atoms with E-state index >= 15 is 0 Å². The van der Waals surface area contributed by atoms with Crippen LogP contribution in [0.5, 0.6) is 5.75 Å². The minimum absolute atomic E-state index is 0.125. The Hall–Kier alpha value is -1.52. The normalized spacial score (nSPS) is 36.3. The van der Waals surface area contributed by atoms with E-state index in [4.69, 9.17) is 4.74 Å². The fraction of sp³-hybridized carbons (Fsp3) is 0.619. The van der Waals surface area contributed by atoms with Crippen LogP contribution >= 0.6 is 0 Å². The van der Waals surface area contributed by atoms with Crippen molar-refractivity contribution in [1.82, 2.24) is 9.88 Å². The van der Waals surface area contributed by atoms with Gasteiger partial charge in [-0.25, -0.2) is 0 Å². The van der Waals surface area contributed by atoms with Gasteiger partial charge in [0.2, 0.25) is 0 Å². The Morgan fingerprint density at radius 2 is 2.28 bits per heavy atom. The van der Waals surface area contributed by atoms with Gasteiger partial charge in [-0.05, 0) is 54.9 Å². The lowest BCUT2D eigenvalue weighted by atomic mass is 9.57. The van der Waals surface area contributed by atoms with Crippen molar-refractivity contribution in [2.75, 3.05) is 26.8 Å². The average Bonchev–Trinajstić information content (AvgIpc) is 2.99. The molecule has 6 rings (SSSR count). The molecule has 1 saturated carbocycles. The number of H-pyrrole nitrogens is 1. The molecular formula is C21H28N2O2. The third-order valence-electron chi connectivity index (χ3n) is 7.25. The number of benzene rings is 1. The van der Waals surface area contributed by atoms with Gasteiger partial charge < -0.3 is 14.8 Å². The molecule has 3 fully saturated rings. The monoisotopic (exact) mass is 340 g/mol. The highest BCUT2D eigenvalue weighted by molar-refractivity contribution is 5.87. The molecule has 2 aromatic rings. The zero-order chi connectivity index (χ0) is 17.2. The standard InChI is InChI=1S/C21H28N2O2/c1-3-14-8-13-10-21(12-24)19-16(6-7-23(11-13)20(14)21)17-9-15(25-2)4-5-18(17)22-19/h4-5,9,13-14,20,22,24H,3,6-8,10-12H2,1-2H3/t13-,14-,20?,21+/m0/s1. The molecule has 3 aliphatic heterocycles. The maximum absolute atomic E-state index is 10.7. The molecule has 134 valence electrons. The lowest BCUT2D eigenvalue weighted by molar-refractivity contribution is -0.0775. The first-order valence-corrected chi connectivity index (χ1v) is 9.74. The Labute approximate surface area is 149 Å². The number of ether oxygens (including phenoxy) is 1. The summed E-state index contributed by atoms with van der Waals surface area (Å²) >= 11 is 0. The van der Waals surface area contributed by atoms with Crippen molar-refractivity contribution in [2.24, 2.45) is 11.8 Å². The van der Waals surface area contributed by atoms with Crippen molar-refractivity contribution in [2.45, 2.75) is 44.1 Å². The quantitative estimate of drug-likeness (QED) is 0.903. The van der Waals surface area contributed by atoms with E-state index in [1.54, 1.807) is 7.11 Å². The van der Waals surface area contributed by atoms with Crippen molar-refractivity contribution in [3.63, 3.8) is 0 Å². The number of aliphatic hydroxyl groups excluding tert-OH is 1. The summed E-state index contributed by atoms with van der Waals surface area (Å²) in [7, 11) is 1.73. The molecule has 0 radical (unpaired) electrons. The summed E-state index contributed by atoms with van der Waals surface area (Å²) in [6, 6.07) is 6.79. The van der Waals surface area contributed by atoms with E-state index in [-0.39, 0.29) is 12.0 Å². The van der Waals surface area contributed by atoms with E-state index in [0.29, 0.717) is 17.9 Å².